The summed E-state index contributed by atoms with van der Waals surface area (Å²) in [4.78, 5) is 35.5. The van der Waals surface area contributed by atoms with Crippen molar-refractivity contribution >= 4 is 71.5 Å². The molecule has 3 aromatic heterocycles. The largest absolute Gasteiger partial charge is 0.387 e. The normalized spacial score (nSPS) is 43.5. The summed E-state index contributed by atoms with van der Waals surface area (Å²) in [5.41, 5.74) is 9.08. The molecule has 5 aliphatic rings. The summed E-state index contributed by atoms with van der Waals surface area (Å²) in [6.45, 7) is -8.74. The monoisotopic (exact) mass is 743 g/mol. The van der Waals surface area contributed by atoms with E-state index in [-0.39, 0.29) is 46.4 Å². The number of aliphatic hydroxyl groups excluding tert-OH is 1. The summed E-state index contributed by atoms with van der Waals surface area (Å²) in [7, 11) is 0. The van der Waals surface area contributed by atoms with Crippen LogP contribution in [0.1, 0.15) is 35.7 Å². The van der Waals surface area contributed by atoms with Gasteiger partial charge in [0.15, 0.2) is 30.1 Å². The van der Waals surface area contributed by atoms with E-state index >= 15 is 4.39 Å². The van der Waals surface area contributed by atoms with Crippen molar-refractivity contribution in [3.8, 4) is 0 Å². The lowest BCUT2D eigenvalue weighted by Crippen LogP contribution is -2.36. The number of nitrogens with two attached hydrogens (primary N) is 2. The van der Waals surface area contributed by atoms with E-state index in [0.717, 1.165) is 0 Å². The highest BCUT2D eigenvalue weighted by atomic mass is 32.7. The standard InChI is InChI=1S/C24H24FN9O10P2S2/c25-12-17-24(39-21(12)33-7-30-14-18(26)28-6-29-20(14)33)5-11(24)42-45(37,47)43-15-16(35)23(4-10(23)41-46(38,48)44-17)40-22(15)34-9-3-1-2-8(19(27)36)13(9)31-32-34/h1-3,6-7,10-12,15-17,21-22,35H,4-5H2,(H2,27,36)(H,37,47)(H,38,48)(H2,26,28,29)/t10-,11?,12+,15+,16-,17-,21+,22+,23?,24?,45?,46?/m0/s1. The third-order valence-corrected chi connectivity index (χ3v) is 12.4. The second-order valence-corrected chi connectivity index (χ2v) is 17.7. The number of primary amides is 1. The zero-order valence-corrected chi connectivity index (χ0v) is 27.5. The van der Waals surface area contributed by atoms with Gasteiger partial charge in [-0.2, -0.15) is 0 Å². The number of carbonyl (C=O) groups excluding carboxylic acids is 1. The summed E-state index contributed by atoms with van der Waals surface area (Å²) in [6, 6.07) is 4.59. The number of nitrogen functional groups attached to an aromatic ring is 1. The van der Waals surface area contributed by atoms with E-state index in [1.807, 2.05) is 0 Å². The topological polar surface area (TPSA) is 256 Å². The number of hydrogen-bond acceptors (Lipinski definition) is 16. The smallest absolute Gasteiger partial charge is 0.387 e. The van der Waals surface area contributed by atoms with Crippen LogP contribution in [-0.4, -0.2) is 98.3 Å². The van der Waals surface area contributed by atoms with E-state index in [1.54, 1.807) is 12.1 Å². The van der Waals surface area contributed by atoms with Crippen molar-refractivity contribution in [3.05, 3.63) is 36.4 Å². The third kappa shape index (κ3) is 4.49. The zero-order chi connectivity index (χ0) is 33.5. The van der Waals surface area contributed by atoms with Crippen molar-refractivity contribution in [1.29, 1.82) is 0 Å². The average Bonchev–Trinajstić information content (AvgIpc) is 3.57. The molecule has 3 aliphatic heterocycles. The first-order chi connectivity index (χ1) is 22.7. The van der Waals surface area contributed by atoms with Gasteiger partial charge in [0.2, 0.25) is 0 Å². The number of amides is 1. The maximum atomic E-state index is 16.4. The SMILES string of the molecule is NC(=O)c1cccc2c1nnn2[C@@H]1OC23C[C@@H]2OP(O)(=S)O[C@H]2[C@@H](F)[C@H](n4cnc5c(N)ncnc54)OC24CC4OP(=O)(S)O[C@@H]1[C@@H]3O. The van der Waals surface area contributed by atoms with Gasteiger partial charge < -0.3 is 35.5 Å². The molecule has 1 aromatic carbocycles. The number of imidazole rings is 1. The van der Waals surface area contributed by atoms with Crippen molar-refractivity contribution in [2.45, 2.75) is 73.2 Å². The Labute approximate surface area is 277 Å². The van der Waals surface area contributed by atoms with E-state index < -0.39 is 79.8 Å². The first-order valence-electron chi connectivity index (χ1n) is 14.4. The number of thiol groups is 1. The molecule has 24 heteroatoms. The quantitative estimate of drug-likeness (QED) is 0.144. The molecule has 9 rings (SSSR count). The molecular formula is C24H24FN9O10P2S2. The molecule has 4 aromatic rings. The van der Waals surface area contributed by atoms with Crippen molar-refractivity contribution in [2.75, 3.05) is 5.73 Å². The predicted molar refractivity (Wildman–Crippen MR) is 164 cm³/mol. The molecule has 3 saturated heterocycles. The molecule has 2 bridgehead atoms. The average molecular weight is 744 g/mol. The minimum absolute atomic E-state index is 0.0253. The van der Waals surface area contributed by atoms with Crippen LogP contribution in [0, 0.1) is 0 Å². The van der Waals surface area contributed by atoms with Gasteiger partial charge in [0, 0.05) is 12.8 Å². The number of aliphatic hydroxyl groups is 1. The molecule has 5 unspecified atom stereocenters. The van der Waals surface area contributed by atoms with Crippen molar-refractivity contribution in [1.82, 2.24) is 34.5 Å². The summed E-state index contributed by atoms with van der Waals surface area (Å²) in [5.74, 6) is -0.689. The highest BCUT2D eigenvalue weighted by Gasteiger charge is 2.76. The molecule has 2 spiro atoms. The minimum atomic E-state index is -4.43. The number of nitrogens with zero attached hydrogens (tertiary/aromatic N) is 7. The predicted octanol–water partition coefficient (Wildman–Crippen LogP) is 0.803. The number of anilines is 1. The molecular weight excluding hydrogens is 719 g/mol. The van der Waals surface area contributed by atoms with Crippen LogP contribution in [0.4, 0.5) is 10.2 Å². The van der Waals surface area contributed by atoms with Crippen LogP contribution < -0.4 is 11.5 Å². The minimum Gasteiger partial charge on any atom is -0.387 e. The number of fused-ring (bicyclic) bond motifs is 3. The Morgan fingerprint density at radius 1 is 1.08 bits per heavy atom. The van der Waals surface area contributed by atoms with Crippen molar-refractivity contribution < 1.29 is 51.3 Å². The Morgan fingerprint density at radius 3 is 2.62 bits per heavy atom. The van der Waals surface area contributed by atoms with Crippen LogP contribution in [0.5, 0.6) is 0 Å². The van der Waals surface area contributed by atoms with Gasteiger partial charge in [-0.15, -0.1) is 5.10 Å². The Kier molecular flexibility index (Phi) is 6.63. The first-order valence-corrected chi connectivity index (χ1v) is 19.7. The lowest BCUT2D eigenvalue weighted by atomic mass is 10.1. The molecule has 5 fully saturated rings. The van der Waals surface area contributed by atoms with Gasteiger partial charge in [0.05, 0.1) is 17.4 Å². The van der Waals surface area contributed by atoms with E-state index in [1.165, 1.54) is 28.0 Å². The molecule has 2 aliphatic carbocycles. The highest BCUT2D eigenvalue weighted by Crippen LogP contribution is 2.70. The Bertz CT molecular complexity index is 2150. The maximum absolute atomic E-state index is 16.4. The van der Waals surface area contributed by atoms with E-state index in [2.05, 4.69) is 37.5 Å². The van der Waals surface area contributed by atoms with Gasteiger partial charge in [-0.1, -0.05) is 23.5 Å². The third-order valence-electron chi connectivity index (χ3n) is 9.29. The molecule has 2 saturated carbocycles. The van der Waals surface area contributed by atoms with Crippen LogP contribution in [0.2, 0.25) is 0 Å². The molecule has 254 valence electrons. The lowest BCUT2D eigenvalue weighted by molar-refractivity contribution is -0.0730. The summed E-state index contributed by atoms with van der Waals surface area (Å²) < 4.78 is 68.6. The van der Waals surface area contributed by atoms with Crippen LogP contribution in [0.25, 0.3) is 22.2 Å². The van der Waals surface area contributed by atoms with Gasteiger partial charge >= 0.3 is 13.5 Å². The van der Waals surface area contributed by atoms with Crippen LogP contribution in [0.15, 0.2) is 30.9 Å². The van der Waals surface area contributed by atoms with Crippen molar-refractivity contribution in [2.24, 2.45) is 5.73 Å². The number of benzene rings is 1. The number of rotatable bonds is 3. The number of alkyl halides is 1. The Morgan fingerprint density at radius 2 is 1.83 bits per heavy atom. The molecule has 0 radical (unpaired) electrons. The number of halogens is 1. The molecule has 6 N–H and O–H groups in total. The van der Waals surface area contributed by atoms with E-state index in [0.29, 0.717) is 0 Å². The zero-order valence-electron chi connectivity index (χ0n) is 24.0. The van der Waals surface area contributed by atoms with Crippen LogP contribution >= 0.6 is 25.8 Å². The summed E-state index contributed by atoms with van der Waals surface area (Å²) in [5, 5.41) is 19.7. The van der Waals surface area contributed by atoms with Gasteiger partial charge in [0.25, 0.3) is 5.91 Å². The number of aromatic nitrogens is 7. The van der Waals surface area contributed by atoms with Gasteiger partial charge in [0.1, 0.15) is 59.1 Å². The molecule has 6 heterocycles. The molecule has 12 atom stereocenters. The number of carbonyl (C=O) groups is 1. The fourth-order valence-corrected chi connectivity index (χ4v) is 10.5. The van der Waals surface area contributed by atoms with Gasteiger partial charge in [-0.25, -0.2) is 28.6 Å². The Hall–Kier alpha value is -2.72. The number of ether oxygens (including phenoxy) is 2. The Balaban J connectivity index is 1.08. The highest BCUT2D eigenvalue weighted by molar-refractivity contribution is 8.44. The molecule has 1 amide bonds. The molecule has 48 heavy (non-hydrogen) atoms. The maximum Gasteiger partial charge on any atom is 0.387 e. The summed E-state index contributed by atoms with van der Waals surface area (Å²) >= 11 is 9.53. The van der Waals surface area contributed by atoms with E-state index in [9.17, 15) is 19.4 Å². The lowest BCUT2D eigenvalue weighted by Gasteiger charge is -2.26. The van der Waals surface area contributed by atoms with Gasteiger partial charge in [-0.05, 0) is 23.9 Å². The second-order valence-electron chi connectivity index (χ2n) is 12.1. The number of hydrogen-bond donors (Lipinski definition) is 5. The van der Waals surface area contributed by atoms with Crippen molar-refractivity contribution in [3.63, 3.8) is 0 Å². The van der Waals surface area contributed by atoms with Crippen LogP contribution in [0.3, 0.4) is 0 Å². The fourth-order valence-electron chi connectivity index (χ4n) is 6.88. The van der Waals surface area contributed by atoms with E-state index in [4.69, 9.17) is 50.8 Å². The second kappa shape index (κ2) is 10.2. The first kappa shape index (κ1) is 31.3. The summed E-state index contributed by atoms with van der Waals surface area (Å²) in [6.07, 6.45) is -9.23. The molecule has 19 nitrogen and oxygen atoms in total. The fraction of sp³-hybridized carbons (Fsp3) is 0.500. The van der Waals surface area contributed by atoms with Gasteiger partial charge in [-0.3, -0.25) is 22.9 Å². The van der Waals surface area contributed by atoms with Crippen LogP contribution in [-0.2, 0) is 43.9 Å².